The van der Waals surface area contributed by atoms with E-state index >= 15 is 0 Å². The monoisotopic (exact) mass is 340 g/mol. The predicted molar refractivity (Wildman–Crippen MR) is 96.8 cm³/mol. The van der Waals surface area contributed by atoms with Crippen LogP contribution in [0.25, 0.3) is 0 Å². The molecule has 0 saturated carbocycles. The summed E-state index contributed by atoms with van der Waals surface area (Å²) in [6, 6.07) is 15.5. The van der Waals surface area contributed by atoms with Crippen molar-refractivity contribution in [2.24, 2.45) is 0 Å². The van der Waals surface area contributed by atoms with Crippen molar-refractivity contribution in [2.45, 2.75) is 12.6 Å². The van der Waals surface area contributed by atoms with Gasteiger partial charge in [-0.15, -0.1) is 0 Å². The van der Waals surface area contributed by atoms with Crippen molar-refractivity contribution in [3.8, 4) is 11.5 Å². The van der Waals surface area contributed by atoms with Gasteiger partial charge in [0.1, 0.15) is 19.3 Å². The molecule has 0 fully saturated rings. The van der Waals surface area contributed by atoms with E-state index in [-0.39, 0.29) is 11.9 Å². The quantitative estimate of drug-likeness (QED) is 0.839. The van der Waals surface area contributed by atoms with Crippen molar-refractivity contribution in [3.63, 3.8) is 0 Å². The topological polar surface area (TPSA) is 42.0 Å². The molecule has 1 aliphatic rings. The first kappa shape index (κ1) is 17.3. The highest BCUT2D eigenvalue weighted by Gasteiger charge is 2.26. The molecule has 2 aromatic rings. The summed E-state index contributed by atoms with van der Waals surface area (Å²) in [6.07, 6.45) is 0. The molecule has 0 aliphatic carbocycles. The molecule has 1 aliphatic heterocycles. The zero-order chi connectivity index (χ0) is 17.8. The molecule has 5 nitrogen and oxygen atoms in total. The molecule has 0 spiro atoms. The van der Waals surface area contributed by atoms with E-state index in [0.717, 1.165) is 22.6 Å². The molecule has 0 N–H and O–H groups in total. The summed E-state index contributed by atoms with van der Waals surface area (Å²) < 4.78 is 11.2. The number of fused-ring (bicyclic) bond motifs is 1. The lowest BCUT2D eigenvalue weighted by Gasteiger charge is -2.30. The number of likely N-dealkylation sites (N-methyl/N-ethyl adjacent to an activating group) is 2. The first-order valence-electron chi connectivity index (χ1n) is 8.41. The second-order valence-corrected chi connectivity index (χ2v) is 6.44. The van der Waals surface area contributed by atoms with Crippen LogP contribution in [-0.2, 0) is 11.3 Å². The average molecular weight is 340 g/mol. The summed E-state index contributed by atoms with van der Waals surface area (Å²) in [6.45, 7) is 1.79. The molecule has 132 valence electrons. The Balaban J connectivity index is 1.83. The lowest BCUT2D eigenvalue weighted by Crippen LogP contribution is -2.37. The minimum absolute atomic E-state index is 0.0613. The molecular weight excluding hydrogens is 316 g/mol. The van der Waals surface area contributed by atoms with Crippen LogP contribution in [0, 0.1) is 0 Å². The maximum Gasteiger partial charge on any atom is 0.244 e. The van der Waals surface area contributed by atoms with Crippen LogP contribution in [0.15, 0.2) is 48.5 Å². The van der Waals surface area contributed by atoms with Gasteiger partial charge in [-0.1, -0.05) is 36.4 Å². The Kier molecular flexibility index (Phi) is 5.24. The van der Waals surface area contributed by atoms with Crippen LogP contribution in [0.5, 0.6) is 11.5 Å². The van der Waals surface area contributed by atoms with E-state index in [1.165, 1.54) is 0 Å². The smallest absolute Gasteiger partial charge is 0.244 e. The van der Waals surface area contributed by atoms with Gasteiger partial charge >= 0.3 is 0 Å². The van der Waals surface area contributed by atoms with E-state index in [2.05, 4.69) is 4.90 Å². The second-order valence-electron chi connectivity index (χ2n) is 6.44. The highest BCUT2D eigenvalue weighted by Crippen LogP contribution is 2.32. The SMILES string of the molecule is CN(C)C(=O)C(c1ccccc1)N(C)Cc1ccc2c(c1)OCCO2. The van der Waals surface area contributed by atoms with E-state index in [9.17, 15) is 4.79 Å². The van der Waals surface area contributed by atoms with Crippen LogP contribution in [0.1, 0.15) is 17.2 Å². The van der Waals surface area contributed by atoms with Crippen molar-refractivity contribution in [3.05, 3.63) is 59.7 Å². The predicted octanol–water partition coefficient (Wildman–Crippen LogP) is 2.72. The molecule has 25 heavy (non-hydrogen) atoms. The lowest BCUT2D eigenvalue weighted by molar-refractivity contribution is -0.134. The maximum absolute atomic E-state index is 12.7. The summed E-state index contributed by atoms with van der Waals surface area (Å²) in [5.74, 6) is 1.61. The molecule has 2 aromatic carbocycles. The van der Waals surface area contributed by atoms with Gasteiger partial charge in [0.2, 0.25) is 5.91 Å². The van der Waals surface area contributed by atoms with Gasteiger partial charge in [0.25, 0.3) is 0 Å². The van der Waals surface area contributed by atoms with Crippen molar-refractivity contribution >= 4 is 5.91 Å². The molecule has 5 heteroatoms. The summed E-state index contributed by atoms with van der Waals surface area (Å²) in [4.78, 5) is 16.4. The largest absolute Gasteiger partial charge is 0.486 e. The standard InChI is InChI=1S/C20H24N2O3/c1-21(2)20(23)19(16-7-5-4-6-8-16)22(3)14-15-9-10-17-18(13-15)25-12-11-24-17/h4-10,13,19H,11-12,14H2,1-3H3. The Morgan fingerprint density at radius 1 is 1.00 bits per heavy atom. The average Bonchev–Trinajstić information content (AvgIpc) is 2.62. The van der Waals surface area contributed by atoms with E-state index in [0.29, 0.717) is 19.8 Å². The third kappa shape index (κ3) is 3.94. The van der Waals surface area contributed by atoms with Crippen molar-refractivity contribution in [1.29, 1.82) is 0 Å². The van der Waals surface area contributed by atoms with Gasteiger partial charge in [0.15, 0.2) is 11.5 Å². The van der Waals surface area contributed by atoms with E-state index in [1.54, 1.807) is 19.0 Å². The highest BCUT2D eigenvalue weighted by atomic mass is 16.6. The molecule has 0 aromatic heterocycles. The highest BCUT2D eigenvalue weighted by molar-refractivity contribution is 5.82. The number of carbonyl (C=O) groups excluding carboxylic acids is 1. The second kappa shape index (κ2) is 7.57. The van der Waals surface area contributed by atoms with Crippen LogP contribution in [-0.4, -0.2) is 50.1 Å². The maximum atomic E-state index is 12.7. The minimum Gasteiger partial charge on any atom is -0.486 e. The fourth-order valence-electron chi connectivity index (χ4n) is 3.03. The first-order valence-corrected chi connectivity index (χ1v) is 8.41. The summed E-state index contributed by atoms with van der Waals surface area (Å²) in [7, 11) is 5.54. The Morgan fingerprint density at radius 2 is 1.68 bits per heavy atom. The summed E-state index contributed by atoms with van der Waals surface area (Å²) in [5.41, 5.74) is 2.07. The molecule has 0 bridgehead atoms. The Labute approximate surface area is 148 Å². The third-order valence-corrected chi connectivity index (χ3v) is 4.27. The normalized spacial score (nSPS) is 14.2. The van der Waals surface area contributed by atoms with Gasteiger partial charge in [-0.2, -0.15) is 0 Å². The third-order valence-electron chi connectivity index (χ3n) is 4.27. The number of hydrogen-bond acceptors (Lipinski definition) is 4. The number of rotatable bonds is 5. The van der Waals surface area contributed by atoms with Crippen LogP contribution in [0.2, 0.25) is 0 Å². The molecule has 1 atom stereocenters. The number of carbonyl (C=O) groups is 1. The van der Waals surface area contributed by atoms with Gasteiger partial charge in [-0.25, -0.2) is 0 Å². The summed E-state index contributed by atoms with van der Waals surface area (Å²) in [5, 5.41) is 0. The van der Waals surface area contributed by atoms with E-state index in [1.807, 2.05) is 55.6 Å². The minimum atomic E-state index is -0.329. The van der Waals surface area contributed by atoms with E-state index < -0.39 is 0 Å². The van der Waals surface area contributed by atoms with Gasteiger partial charge in [-0.05, 0) is 30.3 Å². The molecule has 1 amide bonds. The van der Waals surface area contributed by atoms with Crippen molar-refractivity contribution in [2.75, 3.05) is 34.4 Å². The van der Waals surface area contributed by atoms with Gasteiger partial charge in [-0.3, -0.25) is 9.69 Å². The fourth-order valence-corrected chi connectivity index (χ4v) is 3.03. The van der Waals surface area contributed by atoms with Crippen LogP contribution >= 0.6 is 0 Å². The summed E-state index contributed by atoms with van der Waals surface area (Å²) >= 11 is 0. The van der Waals surface area contributed by atoms with Crippen LogP contribution < -0.4 is 9.47 Å². The molecule has 0 saturated heterocycles. The molecular formula is C20H24N2O3. The number of amides is 1. The number of ether oxygens (including phenoxy) is 2. The molecule has 1 unspecified atom stereocenters. The molecule has 1 heterocycles. The van der Waals surface area contributed by atoms with Crippen LogP contribution in [0.4, 0.5) is 0 Å². The van der Waals surface area contributed by atoms with Crippen molar-refractivity contribution < 1.29 is 14.3 Å². The Hall–Kier alpha value is -2.53. The number of nitrogens with zero attached hydrogens (tertiary/aromatic N) is 2. The van der Waals surface area contributed by atoms with Crippen LogP contribution in [0.3, 0.4) is 0 Å². The fraction of sp³-hybridized carbons (Fsp3) is 0.350. The van der Waals surface area contributed by atoms with Gasteiger partial charge < -0.3 is 14.4 Å². The zero-order valence-electron chi connectivity index (χ0n) is 14.9. The van der Waals surface area contributed by atoms with Gasteiger partial charge in [0.05, 0.1) is 0 Å². The van der Waals surface area contributed by atoms with Gasteiger partial charge in [0, 0.05) is 20.6 Å². The Bertz CT molecular complexity index is 731. The lowest BCUT2D eigenvalue weighted by atomic mass is 10.0. The Morgan fingerprint density at radius 3 is 2.36 bits per heavy atom. The number of hydrogen-bond donors (Lipinski definition) is 0. The molecule has 0 radical (unpaired) electrons. The first-order chi connectivity index (χ1) is 12.1. The molecule has 3 rings (SSSR count). The van der Waals surface area contributed by atoms with Crippen molar-refractivity contribution in [1.82, 2.24) is 9.80 Å². The van der Waals surface area contributed by atoms with E-state index in [4.69, 9.17) is 9.47 Å². The number of benzene rings is 2. The zero-order valence-corrected chi connectivity index (χ0v) is 14.9.